The zero-order valence-corrected chi connectivity index (χ0v) is 23.8. The number of nitrogens with two attached hydrogens (primary N) is 1. The zero-order valence-electron chi connectivity index (χ0n) is 23.8. The summed E-state index contributed by atoms with van der Waals surface area (Å²) in [7, 11) is 1.94. The van der Waals surface area contributed by atoms with Crippen LogP contribution in [0.5, 0.6) is 5.75 Å². The third kappa shape index (κ3) is 7.74. The zero-order chi connectivity index (χ0) is 29.4. The molecule has 1 fully saturated rings. The highest BCUT2D eigenvalue weighted by molar-refractivity contribution is 5.75. The number of aldehydes is 1. The Morgan fingerprint density at radius 3 is 2.63 bits per heavy atom. The van der Waals surface area contributed by atoms with Gasteiger partial charge < -0.3 is 20.5 Å². The van der Waals surface area contributed by atoms with Crippen LogP contribution in [0.2, 0.25) is 0 Å². The molecule has 0 spiro atoms. The number of nitrogens with zero attached hydrogens (tertiary/aromatic N) is 2. The number of benzene rings is 1. The van der Waals surface area contributed by atoms with Crippen LogP contribution in [0.4, 0.5) is 14.5 Å². The van der Waals surface area contributed by atoms with E-state index >= 15 is 0 Å². The first kappa shape index (κ1) is 30.3. The van der Waals surface area contributed by atoms with Crippen molar-refractivity contribution in [2.24, 2.45) is 5.73 Å². The maximum absolute atomic E-state index is 14.6. The molecule has 5 rings (SSSR count). The van der Waals surface area contributed by atoms with E-state index < -0.39 is 11.6 Å². The molecule has 3 N–H and O–H groups in total. The van der Waals surface area contributed by atoms with Gasteiger partial charge in [0.2, 0.25) is 0 Å². The molecule has 1 aliphatic carbocycles. The maximum Gasteiger partial charge on any atom is 0.168 e. The molecular weight excluding hydrogens is 526 g/mol. The molecule has 3 heterocycles. The second kappa shape index (κ2) is 14.3. The number of carbonyl (C=O) groups is 1. The third-order valence-electron chi connectivity index (χ3n) is 7.49. The van der Waals surface area contributed by atoms with E-state index in [9.17, 15) is 13.6 Å². The average Bonchev–Trinajstić information content (AvgIpc) is 2.98. The highest BCUT2D eigenvalue weighted by atomic mass is 19.1. The Bertz CT molecular complexity index is 1350. The molecule has 2 atom stereocenters. The number of nitrogens with one attached hydrogen (secondary N) is 1. The Kier molecular flexibility index (Phi) is 10.5. The number of aromatic nitrogens is 2. The molecule has 3 aromatic rings. The number of halogens is 2. The largest absolute Gasteiger partial charge is 0.490 e. The Morgan fingerprint density at radius 2 is 1.95 bits per heavy atom. The molecule has 2 aromatic heterocycles. The van der Waals surface area contributed by atoms with Gasteiger partial charge in [-0.05, 0) is 67.5 Å². The van der Waals surface area contributed by atoms with E-state index in [1.54, 1.807) is 13.0 Å². The molecule has 0 bridgehead atoms. The highest BCUT2D eigenvalue weighted by Gasteiger charge is 2.23. The molecule has 7 nitrogen and oxygen atoms in total. The minimum Gasteiger partial charge on any atom is -0.490 e. The molecule has 41 heavy (non-hydrogen) atoms. The van der Waals surface area contributed by atoms with Crippen molar-refractivity contribution in [1.82, 2.24) is 9.97 Å². The van der Waals surface area contributed by atoms with Crippen LogP contribution in [0.1, 0.15) is 66.6 Å². The molecular formula is C32H38F2N4O3. The lowest BCUT2D eigenvalue weighted by Crippen LogP contribution is -2.25. The summed E-state index contributed by atoms with van der Waals surface area (Å²) in [4.78, 5) is 18.9. The summed E-state index contributed by atoms with van der Waals surface area (Å²) in [6.45, 7) is 5.10. The van der Waals surface area contributed by atoms with Crippen LogP contribution in [0.25, 0.3) is 11.3 Å². The van der Waals surface area contributed by atoms with E-state index in [4.69, 9.17) is 15.2 Å². The smallest absolute Gasteiger partial charge is 0.168 e. The molecule has 2 unspecified atom stereocenters. The van der Waals surface area contributed by atoms with Gasteiger partial charge in [0.05, 0.1) is 25.1 Å². The van der Waals surface area contributed by atoms with Crippen molar-refractivity contribution in [2.45, 2.75) is 64.0 Å². The molecule has 1 aliphatic heterocycles. The van der Waals surface area contributed by atoms with E-state index in [2.05, 4.69) is 34.4 Å². The summed E-state index contributed by atoms with van der Waals surface area (Å²) in [5.41, 5.74) is 10.5. The topological polar surface area (TPSA) is 99.4 Å². The number of hydrogen-bond acceptors (Lipinski definition) is 7. The minimum atomic E-state index is -0.680. The number of anilines is 1. The number of pyridine rings is 2. The summed E-state index contributed by atoms with van der Waals surface area (Å²) >= 11 is 0. The summed E-state index contributed by atoms with van der Waals surface area (Å²) in [5.74, 6) is -0.393. The van der Waals surface area contributed by atoms with Crippen LogP contribution in [0.15, 0.2) is 54.4 Å². The Morgan fingerprint density at radius 1 is 1.17 bits per heavy atom. The minimum absolute atomic E-state index is 0.0170. The van der Waals surface area contributed by atoms with Gasteiger partial charge in [-0.25, -0.2) is 13.8 Å². The predicted octanol–water partition coefficient (Wildman–Crippen LogP) is 6.37. The number of aryl methyl sites for hydroxylation is 1. The molecule has 1 saturated heterocycles. The first-order chi connectivity index (χ1) is 19.8. The van der Waals surface area contributed by atoms with E-state index in [1.165, 1.54) is 23.3 Å². The number of ether oxygens (including phenoxy) is 2. The Labute approximate surface area is 240 Å². The van der Waals surface area contributed by atoms with E-state index in [0.717, 1.165) is 43.9 Å². The van der Waals surface area contributed by atoms with Crippen LogP contribution in [-0.2, 0) is 4.74 Å². The van der Waals surface area contributed by atoms with Crippen molar-refractivity contribution in [3.05, 3.63) is 82.8 Å². The average molecular weight is 565 g/mol. The highest BCUT2D eigenvalue weighted by Crippen LogP contribution is 2.36. The standard InChI is InChI=1S/C18H17F2NO3.C14H21N3/c1-11-8-14(24-13-4-6-23-7-5-13)9-16(20)17(11)18-15(19)3-2-12(10-22)21-18;1-3-10-6-11(8-12(15)7-10)13-4-5-17-9-14(13)16-2/h2-3,8-10,13H,4-7H2,1H3;4-5,7,9,11-12,16H,3,6,8,15H2,1-2H3. The van der Waals surface area contributed by atoms with Gasteiger partial charge in [-0.15, -0.1) is 0 Å². The first-order valence-corrected chi connectivity index (χ1v) is 14.1. The lowest BCUT2D eigenvalue weighted by molar-refractivity contribution is 0.0254. The van der Waals surface area contributed by atoms with Gasteiger partial charge in [0.25, 0.3) is 0 Å². The van der Waals surface area contributed by atoms with Crippen LogP contribution < -0.4 is 15.8 Å². The summed E-state index contributed by atoms with van der Waals surface area (Å²) < 4.78 is 39.7. The second-order valence-electron chi connectivity index (χ2n) is 10.4. The first-order valence-electron chi connectivity index (χ1n) is 14.1. The number of rotatable bonds is 7. The van der Waals surface area contributed by atoms with Gasteiger partial charge in [0.1, 0.15) is 34.9 Å². The van der Waals surface area contributed by atoms with Gasteiger partial charge in [-0.1, -0.05) is 18.6 Å². The summed E-state index contributed by atoms with van der Waals surface area (Å²) in [5, 5.41) is 3.22. The summed E-state index contributed by atoms with van der Waals surface area (Å²) in [6.07, 6.45) is 11.2. The predicted molar refractivity (Wildman–Crippen MR) is 156 cm³/mol. The van der Waals surface area contributed by atoms with Crippen molar-refractivity contribution in [3.63, 3.8) is 0 Å². The molecule has 0 amide bonds. The van der Waals surface area contributed by atoms with E-state index in [0.29, 0.717) is 36.7 Å². The summed E-state index contributed by atoms with van der Waals surface area (Å²) in [6, 6.07) is 7.55. The van der Waals surface area contributed by atoms with Gasteiger partial charge in [0.15, 0.2) is 6.29 Å². The van der Waals surface area contributed by atoms with Crippen molar-refractivity contribution in [3.8, 4) is 17.0 Å². The molecule has 2 aliphatic rings. The number of carbonyl (C=O) groups excluding carboxylic acids is 1. The molecule has 9 heteroatoms. The van der Waals surface area contributed by atoms with Crippen LogP contribution in [-0.4, -0.2) is 48.7 Å². The number of allylic oxidation sites excluding steroid dienone is 1. The van der Waals surface area contributed by atoms with Crippen LogP contribution in [0.3, 0.4) is 0 Å². The van der Waals surface area contributed by atoms with E-state index in [1.807, 2.05) is 19.4 Å². The van der Waals surface area contributed by atoms with Crippen LogP contribution in [0, 0.1) is 18.6 Å². The molecule has 0 saturated carbocycles. The monoisotopic (exact) mass is 564 g/mol. The van der Waals surface area contributed by atoms with Gasteiger partial charge in [-0.2, -0.15) is 0 Å². The van der Waals surface area contributed by atoms with Gasteiger partial charge >= 0.3 is 0 Å². The van der Waals surface area contributed by atoms with Gasteiger partial charge in [0, 0.05) is 43.8 Å². The van der Waals surface area contributed by atoms with Crippen molar-refractivity contribution >= 4 is 12.0 Å². The second-order valence-corrected chi connectivity index (χ2v) is 10.4. The SMILES string of the molecule is CCC1=CC(N)CC(c2ccncc2NC)C1.Cc1cc(OC2CCOCC2)cc(F)c1-c1nc(C=O)ccc1F. The third-order valence-corrected chi connectivity index (χ3v) is 7.49. The maximum atomic E-state index is 14.6. The quantitative estimate of drug-likeness (QED) is 0.254. The van der Waals surface area contributed by atoms with Crippen molar-refractivity contribution in [2.75, 3.05) is 25.6 Å². The van der Waals surface area contributed by atoms with Gasteiger partial charge in [-0.3, -0.25) is 9.78 Å². The Hall–Kier alpha value is -3.69. The lowest BCUT2D eigenvalue weighted by atomic mass is 9.81. The molecule has 1 aromatic carbocycles. The molecule has 0 radical (unpaired) electrons. The number of hydrogen-bond donors (Lipinski definition) is 2. The van der Waals surface area contributed by atoms with Crippen molar-refractivity contribution < 1.29 is 23.0 Å². The fraction of sp³-hybridized carbons (Fsp3) is 0.406. The fourth-order valence-electron chi connectivity index (χ4n) is 5.40. The normalized spacial score (nSPS) is 19.0. The molecule has 218 valence electrons. The lowest BCUT2D eigenvalue weighted by Gasteiger charge is -2.28. The fourth-order valence-corrected chi connectivity index (χ4v) is 5.40. The van der Waals surface area contributed by atoms with E-state index in [-0.39, 0.29) is 29.1 Å². The Balaban J connectivity index is 0.000000201. The van der Waals surface area contributed by atoms with Crippen molar-refractivity contribution in [1.29, 1.82) is 0 Å². The van der Waals surface area contributed by atoms with Crippen LogP contribution >= 0.6 is 0 Å².